The first-order chi connectivity index (χ1) is 14.1. The average Bonchev–Trinajstić information content (AvgIpc) is 3.05. The molecule has 0 aromatic carbocycles. The van der Waals surface area contributed by atoms with Crippen LogP contribution in [0.5, 0.6) is 0 Å². The monoisotopic (exact) mass is 402 g/mol. The minimum atomic E-state index is -1.40. The number of carbonyl (C=O) groups is 2. The van der Waals surface area contributed by atoms with E-state index in [0.717, 1.165) is 24.0 Å². The predicted octanol–water partition coefficient (Wildman–Crippen LogP) is 6.06. The maximum atomic E-state index is 12.1. The lowest BCUT2D eigenvalue weighted by molar-refractivity contribution is -0.146. The summed E-state index contributed by atoms with van der Waals surface area (Å²) in [5, 5.41) is 17.8. The summed E-state index contributed by atoms with van der Waals surface area (Å²) in [6.45, 7) is 2.25. The largest absolute Gasteiger partial charge is 0.479 e. The fourth-order valence-corrected chi connectivity index (χ4v) is 3.48. The Labute approximate surface area is 176 Å². The second kappa shape index (κ2) is 16.0. The van der Waals surface area contributed by atoms with Crippen LogP contribution in [0.15, 0.2) is 41.2 Å². The van der Waals surface area contributed by atoms with Crippen molar-refractivity contribution < 1.29 is 19.8 Å². The van der Waals surface area contributed by atoms with Crippen LogP contribution in [0.2, 0.25) is 0 Å². The number of carbonyl (C=O) groups excluding carboxylic acids is 1. The van der Waals surface area contributed by atoms with Crippen molar-refractivity contribution in [1.29, 1.82) is 0 Å². The number of Topliss-reactive ketones (excluding diaryl/α,β-unsaturated/α-hetero) is 1. The Morgan fingerprint density at radius 3 is 2.34 bits per heavy atom. The lowest BCUT2D eigenvalue weighted by atomic mass is 10.0. The summed E-state index contributed by atoms with van der Waals surface area (Å²) < 4.78 is 0. The Kier molecular flexibility index (Phi) is 13.8. The molecule has 4 nitrogen and oxygen atoms in total. The highest BCUT2D eigenvalue weighted by molar-refractivity contribution is 5.99. The van der Waals surface area contributed by atoms with E-state index in [1.54, 1.807) is 6.08 Å². The van der Waals surface area contributed by atoms with Gasteiger partial charge in [-0.3, -0.25) is 4.79 Å². The van der Waals surface area contributed by atoms with Crippen molar-refractivity contribution >= 4 is 11.8 Å². The van der Waals surface area contributed by atoms with Crippen molar-refractivity contribution in [2.45, 2.75) is 103 Å². The molecule has 1 unspecified atom stereocenters. The van der Waals surface area contributed by atoms with Gasteiger partial charge in [-0.1, -0.05) is 70.4 Å². The van der Waals surface area contributed by atoms with Gasteiger partial charge in [-0.25, -0.2) is 4.79 Å². The van der Waals surface area contributed by atoms with Gasteiger partial charge in [-0.2, -0.15) is 0 Å². The van der Waals surface area contributed by atoms with Gasteiger partial charge in [0.05, 0.1) is 0 Å². The molecular formula is C25H38O4. The molecule has 0 aromatic heterocycles. The zero-order valence-electron chi connectivity index (χ0n) is 18.0. The number of hydrogen-bond acceptors (Lipinski definition) is 3. The molecule has 0 radical (unpaired) electrons. The molecule has 0 fully saturated rings. The topological polar surface area (TPSA) is 74.6 Å². The molecule has 2 N–H and O–H groups in total. The maximum Gasteiger partial charge on any atom is 0.332 e. The average molecular weight is 403 g/mol. The fourth-order valence-electron chi connectivity index (χ4n) is 3.48. The molecule has 0 aromatic rings. The molecule has 4 heteroatoms. The van der Waals surface area contributed by atoms with Gasteiger partial charge in [0.25, 0.3) is 0 Å². The van der Waals surface area contributed by atoms with E-state index in [1.807, 2.05) is 0 Å². The molecule has 0 bridgehead atoms. The van der Waals surface area contributed by atoms with E-state index in [9.17, 15) is 14.7 Å². The van der Waals surface area contributed by atoms with Gasteiger partial charge in [0, 0.05) is 24.8 Å². The van der Waals surface area contributed by atoms with E-state index in [0.29, 0.717) is 12.8 Å². The Bertz CT molecular complexity index is 621. The van der Waals surface area contributed by atoms with Crippen LogP contribution in [-0.2, 0) is 9.59 Å². The van der Waals surface area contributed by atoms with E-state index in [2.05, 4.69) is 24.8 Å². The highest BCUT2D eigenvalue weighted by Crippen LogP contribution is 2.27. The number of ketones is 1. The van der Waals surface area contributed by atoms with Gasteiger partial charge >= 0.3 is 5.97 Å². The van der Waals surface area contributed by atoms with E-state index >= 15 is 0 Å². The maximum absolute atomic E-state index is 12.1. The summed E-state index contributed by atoms with van der Waals surface area (Å²) in [6, 6.07) is 0. The second-order valence-electron chi connectivity index (χ2n) is 7.82. The number of carboxylic acids is 1. The summed E-state index contributed by atoms with van der Waals surface area (Å²) in [5.41, 5.74) is 4.83. The number of aliphatic hydroxyl groups is 1. The van der Waals surface area contributed by atoms with Crippen molar-refractivity contribution in [3.8, 4) is 0 Å². The first kappa shape index (κ1) is 25.1. The van der Waals surface area contributed by atoms with Gasteiger partial charge in [0.15, 0.2) is 11.9 Å². The smallest absolute Gasteiger partial charge is 0.332 e. The van der Waals surface area contributed by atoms with Crippen molar-refractivity contribution in [1.82, 2.24) is 0 Å². The third kappa shape index (κ3) is 11.6. The van der Waals surface area contributed by atoms with Gasteiger partial charge in [0.2, 0.25) is 0 Å². The van der Waals surface area contributed by atoms with Crippen molar-refractivity contribution in [2.24, 2.45) is 0 Å². The van der Waals surface area contributed by atoms with Gasteiger partial charge in [-0.05, 0) is 37.0 Å². The molecule has 0 spiro atoms. The van der Waals surface area contributed by atoms with E-state index in [-0.39, 0.29) is 12.2 Å². The minimum Gasteiger partial charge on any atom is -0.479 e. The number of carboxylic acid groups (broad SMARTS) is 1. The molecule has 1 aliphatic rings. The van der Waals surface area contributed by atoms with E-state index in [4.69, 9.17) is 5.11 Å². The van der Waals surface area contributed by atoms with Crippen LogP contribution in [0.3, 0.4) is 0 Å². The molecule has 1 atom stereocenters. The zero-order chi connectivity index (χ0) is 21.3. The molecule has 29 heavy (non-hydrogen) atoms. The summed E-state index contributed by atoms with van der Waals surface area (Å²) in [6.07, 6.45) is 21.0. The normalized spacial score (nSPS) is 15.0. The van der Waals surface area contributed by atoms with Crippen molar-refractivity contribution in [3.63, 3.8) is 0 Å². The number of hydrogen-bond donors (Lipinski definition) is 2. The van der Waals surface area contributed by atoms with E-state index in [1.165, 1.54) is 63.9 Å². The highest BCUT2D eigenvalue weighted by Gasteiger charge is 2.19. The number of rotatable bonds is 16. The first-order valence-corrected chi connectivity index (χ1v) is 11.3. The first-order valence-electron chi connectivity index (χ1n) is 11.3. The van der Waals surface area contributed by atoms with Gasteiger partial charge in [-0.15, -0.1) is 5.73 Å². The van der Waals surface area contributed by atoms with Crippen LogP contribution in [0.25, 0.3) is 0 Å². The van der Waals surface area contributed by atoms with Gasteiger partial charge in [0.1, 0.15) is 0 Å². The van der Waals surface area contributed by atoms with Crippen LogP contribution in [0.1, 0.15) is 96.8 Å². The van der Waals surface area contributed by atoms with Crippen LogP contribution in [-0.4, -0.2) is 28.1 Å². The third-order valence-corrected chi connectivity index (χ3v) is 5.31. The lowest BCUT2D eigenvalue weighted by Crippen LogP contribution is -2.17. The van der Waals surface area contributed by atoms with Crippen LogP contribution in [0.4, 0.5) is 0 Å². The van der Waals surface area contributed by atoms with Crippen LogP contribution >= 0.6 is 0 Å². The molecule has 0 heterocycles. The Morgan fingerprint density at radius 1 is 1.03 bits per heavy atom. The fraction of sp³-hybridized carbons (Fsp3) is 0.640. The summed E-state index contributed by atoms with van der Waals surface area (Å²) in [4.78, 5) is 22.6. The summed E-state index contributed by atoms with van der Waals surface area (Å²) >= 11 is 0. The zero-order valence-corrected chi connectivity index (χ0v) is 18.0. The van der Waals surface area contributed by atoms with Crippen molar-refractivity contribution in [3.05, 3.63) is 41.2 Å². The Morgan fingerprint density at radius 2 is 1.69 bits per heavy atom. The molecule has 0 aliphatic heterocycles. The minimum absolute atomic E-state index is 0.0182. The molecule has 1 aliphatic carbocycles. The van der Waals surface area contributed by atoms with Crippen LogP contribution < -0.4 is 0 Å². The number of unbranched alkanes of at least 4 members (excludes halogenated alkanes) is 9. The quantitative estimate of drug-likeness (QED) is 0.243. The number of aliphatic carboxylic acids is 1. The third-order valence-electron chi connectivity index (χ3n) is 5.31. The Hall–Kier alpha value is -1.90. The molecule has 0 saturated carbocycles. The van der Waals surface area contributed by atoms with Crippen LogP contribution in [0, 0.1) is 0 Å². The summed E-state index contributed by atoms with van der Waals surface area (Å²) in [7, 11) is 0. The second-order valence-corrected chi connectivity index (χ2v) is 7.82. The molecule has 0 amide bonds. The molecule has 162 valence electrons. The molecule has 0 saturated heterocycles. The number of allylic oxidation sites excluding steroid dienone is 4. The molecule has 1 rings (SSSR count). The predicted molar refractivity (Wildman–Crippen MR) is 118 cm³/mol. The lowest BCUT2D eigenvalue weighted by Gasteiger charge is -2.01. The number of aliphatic hydroxyl groups excluding tert-OH is 1. The highest BCUT2D eigenvalue weighted by atomic mass is 16.4. The molecular weight excluding hydrogens is 364 g/mol. The SMILES string of the molecule is CCCCCCCCCCC/C=C/C1=C(CC=C=CCC(O)C(=O)O)C(=O)CC1. The standard InChI is InChI=1S/C25H38O4/c1-2-3-4-5-6-7-8-9-10-11-13-16-21-19-20-23(26)22(21)17-14-12-15-18-24(27)25(28)29/h13-16,24,27H,2-11,17-20H2,1H3,(H,28,29)/b16-13+. The van der Waals surface area contributed by atoms with E-state index < -0.39 is 12.1 Å². The summed E-state index contributed by atoms with van der Waals surface area (Å²) in [5.74, 6) is -1.05. The van der Waals surface area contributed by atoms with Crippen molar-refractivity contribution in [2.75, 3.05) is 0 Å². The van der Waals surface area contributed by atoms with Gasteiger partial charge < -0.3 is 10.2 Å². The Balaban J connectivity index is 2.29.